The Hall–Kier alpha value is -0.240. The summed E-state index contributed by atoms with van der Waals surface area (Å²) in [7, 11) is 2.53. The maximum absolute atomic E-state index is 9.30. The third-order valence-corrected chi connectivity index (χ3v) is 2.19. The van der Waals surface area contributed by atoms with Gasteiger partial charge in [-0.2, -0.15) is 0 Å². The predicted octanol–water partition coefficient (Wildman–Crippen LogP) is -1.87. The smallest absolute Gasteiger partial charge is 0.159 e. The van der Waals surface area contributed by atoms with Gasteiger partial charge in [-0.05, 0) is 0 Å². The van der Waals surface area contributed by atoms with Crippen LogP contribution in [0.1, 0.15) is 0 Å². The summed E-state index contributed by atoms with van der Waals surface area (Å²) in [5, 5.41) is 36.5. The van der Waals surface area contributed by atoms with E-state index in [1.165, 1.54) is 14.2 Å². The highest BCUT2D eigenvalue weighted by Crippen LogP contribution is 2.20. The van der Waals surface area contributed by atoms with Crippen LogP contribution in [-0.2, 0) is 9.47 Å². The van der Waals surface area contributed by atoms with E-state index in [1.54, 1.807) is 0 Å². The fraction of sp³-hybridized carbons (Fsp3) is 1.00. The van der Waals surface area contributed by atoms with Gasteiger partial charge in [0, 0.05) is 26.1 Å². The lowest BCUT2D eigenvalue weighted by Gasteiger charge is -2.29. The van der Waals surface area contributed by atoms with Gasteiger partial charge >= 0.3 is 0 Å². The van der Waals surface area contributed by atoms with Gasteiger partial charge < -0.3 is 29.9 Å². The second-order valence-electron chi connectivity index (χ2n) is 2.95. The molecule has 0 rings (SSSR count). The Balaban J connectivity index is 4.43. The van der Waals surface area contributed by atoms with Crippen molar-refractivity contribution in [3.8, 4) is 0 Å². The van der Waals surface area contributed by atoms with Crippen LogP contribution in [0.3, 0.4) is 0 Å². The normalized spacial score (nSPS) is 20.1. The molecule has 2 unspecified atom stereocenters. The van der Waals surface area contributed by atoms with E-state index in [-0.39, 0.29) is 0 Å². The third-order valence-electron chi connectivity index (χ3n) is 2.19. The second-order valence-corrected chi connectivity index (χ2v) is 2.95. The molecular weight excluding hydrogens is 192 g/mol. The van der Waals surface area contributed by atoms with Gasteiger partial charge in [0.2, 0.25) is 0 Å². The van der Waals surface area contributed by atoms with Gasteiger partial charge in [-0.3, -0.25) is 0 Å². The molecule has 0 aliphatic carbocycles. The zero-order chi connectivity index (χ0) is 11.1. The van der Waals surface area contributed by atoms with Crippen LogP contribution >= 0.6 is 0 Å². The second kappa shape index (κ2) is 7.10. The van der Waals surface area contributed by atoms with Gasteiger partial charge in [0.15, 0.2) is 12.6 Å². The van der Waals surface area contributed by atoms with Crippen LogP contribution in [0, 0.1) is 11.8 Å². The fourth-order valence-corrected chi connectivity index (χ4v) is 1.22. The molecule has 6 nitrogen and oxygen atoms in total. The number of hydrogen-bond donors (Lipinski definition) is 4. The Bertz CT molecular complexity index is 126. The van der Waals surface area contributed by atoms with E-state index in [1.807, 2.05) is 0 Å². The molecule has 0 aliphatic rings. The van der Waals surface area contributed by atoms with Crippen molar-refractivity contribution in [2.24, 2.45) is 11.8 Å². The third kappa shape index (κ3) is 3.49. The lowest BCUT2D eigenvalue weighted by Crippen LogP contribution is -2.41. The van der Waals surface area contributed by atoms with Crippen molar-refractivity contribution < 1.29 is 29.9 Å². The molecule has 86 valence electrons. The van der Waals surface area contributed by atoms with Gasteiger partial charge in [-0.25, -0.2) is 0 Å². The summed E-state index contributed by atoms with van der Waals surface area (Å²) >= 11 is 0. The highest BCUT2D eigenvalue weighted by Gasteiger charge is 2.32. The standard InChI is InChI=1S/C8H18O6/c1-13-7(11)5(3-9)6(4-10)8(12)14-2/h5-12H,3-4H2,1-2H3/t5-,6-,7?,8?/m0/s1. The number of aliphatic hydroxyl groups excluding tert-OH is 4. The van der Waals surface area contributed by atoms with Gasteiger partial charge in [0.05, 0.1) is 13.2 Å². The predicted molar refractivity (Wildman–Crippen MR) is 47.2 cm³/mol. The average molecular weight is 210 g/mol. The highest BCUT2D eigenvalue weighted by atomic mass is 16.6. The number of ether oxygens (including phenoxy) is 2. The molecule has 0 aliphatic heterocycles. The first-order chi connectivity index (χ1) is 6.62. The maximum atomic E-state index is 9.30. The molecule has 0 aromatic heterocycles. The molecular formula is C8H18O6. The first-order valence-electron chi connectivity index (χ1n) is 4.25. The SMILES string of the molecule is COC(O)[C@@H](CO)[C@H](CO)C(O)OC. The minimum absolute atomic E-state index is 0.416. The van der Waals surface area contributed by atoms with Gasteiger partial charge in [0.25, 0.3) is 0 Å². The number of rotatable bonds is 7. The summed E-state index contributed by atoms with van der Waals surface area (Å²) in [6.07, 6.45) is -2.50. The van der Waals surface area contributed by atoms with E-state index in [0.29, 0.717) is 0 Å². The average Bonchev–Trinajstić information content (AvgIpc) is 2.23. The first kappa shape index (κ1) is 13.8. The van der Waals surface area contributed by atoms with E-state index in [4.69, 9.17) is 10.2 Å². The molecule has 0 heterocycles. The fourth-order valence-electron chi connectivity index (χ4n) is 1.22. The summed E-state index contributed by atoms with van der Waals surface area (Å²) in [5.41, 5.74) is 0. The molecule has 14 heavy (non-hydrogen) atoms. The van der Waals surface area contributed by atoms with E-state index >= 15 is 0 Å². The van der Waals surface area contributed by atoms with Crippen molar-refractivity contribution in [3.63, 3.8) is 0 Å². The van der Waals surface area contributed by atoms with Gasteiger partial charge in [-0.15, -0.1) is 0 Å². The molecule has 0 fully saturated rings. The molecule has 0 aromatic rings. The van der Waals surface area contributed by atoms with Gasteiger partial charge in [0.1, 0.15) is 0 Å². The van der Waals surface area contributed by atoms with Gasteiger partial charge in [-0.1, -0.05) is 0 Å². The van der Waals surface area contributed by atoms with E-state index in [0.717, 1.165) is 0 Å². The summed E-state index contributed by atoms with van der Waals surface area (Å²) in [5.74, 6) is -1.58. The molecule has 0 spiro atoms. The van der Waals surface area contributed by atoms with Crippen molar-refractivity contribution >= 4 is 0 Å². The lowest BCUT2D eigenvalue weighted by atomic mass is 9.92. The van der Waals surface area contributed by atoms with Crippen LogP contribution in [0.25, 0.3) is 0 Å². The molecule has 0 aromatic carbocycles. The highest BCUT2D eigenvalue weighted by molar-refractivity contribution is 4.73. The van der Waals surface area contributed by atoms with Crippen LogP contribution < -0.4 is 0 Å². The first-order valence-corrected chi connectivity index (χ1v) is 4.25. The Labute approximate surface area is 82.7 Å². The van der Waals surface area contributed by atoms with Crippen LogP contribution in [0.2, 0.25) is 0 Å². The zero-order valence-corrected chi connectivity index (χ0v) is 8.33. The molecule has 6 heteroatoms. The summed E-state index contributed by atoms with van der Waals surface area (Å²) in [6, 6.07) is 0. The quantitative estimate of drug-likeness (QED) is 0.367. The number of methoxy groups -OCH3 is 2. The molecule has 4 atom stereocenters. The topological polar surface area (TPSA) is 99.4 Å². The summed E-state index contributed by atoms with van der Waals surface area (Å²) < 4.78 is 9.20. The van der Waals surface area contributed by atoms with Crippen LogP contribution in [-0.4, -0.2) is 60.4 Å². The molecule has 0 amide bonds. The van der Waals surface area contributed by atoms with Crippen LogP contribution in [0.4, 0.5) is 0 Å². The summed E-state index contributed by atoms with van der Waals surface area (Å²) in [6.45, 7) is -0.832. The maximum Gasteiger partial charge on any atom is 0.159 e. The Morgan fingerprint density at radius 2 is 1.14 bits per heavy atom. The van der Waals surface area contributed by atoms with Crippen LogP contribution in [0.5, 0.6) is 0 Å². The van der Waals surface area contributed by atoms with E-state index < -0.39 is 37.6 Å². The van der Waals surface area contributed by atoms with E-state index in [9.17, 15) is 10.2 Å². The van der Waals surface area contributed by atoms with E-state index in [2.05, 4.69) is 9.47 Å². The lowest BCUT2D eigenvalue weighted by molar-refractivity contribution is -0.197. The Morgan fingerprint density at radius 1 is 0.857 bits per heavy atom. The van der Waals surface area contributed by atoms with Crippen LogP contribution in [0.15, 0.2) is 0 Å². The molecule has 4 N–H and O–H groups in total. The molecule has 0 saturated carbocycles. The minimum atomic E-state index is -1.25. The van der Waals surface area contributed by atoms with Crippen molar-refractivity contribution in [2.75, 3.05) is 27.4 Å². The molecule has 0 saturated heterocycles. The Morgan fingerprint density at radius 3 is 1.29 bits per heavy atom. The zero-order valence-electron chi connectivity index (χ0n) is 8.33. The Kier molecular flexibility index (Phi) is 6.98. The monoisotopic (exact) mass is 210 g/mol. The van der Waals surface area contributed by atoms with Crippen molar-refractivity contribution in [2.45, 2.75) is 12.6 Å². The number of aliphatic hydroxyl groups is 4. The molecule has 0 bridgehead atoms. The number of hydrogen-bond acceptors (Lipinski definition) is 6. The largest absolute Gasteiger partial charge is 0.396 e. The van der Waals surface area contributed by atoms with Crippen molar-refractivity contribution in [1.82, 2.24) is 0 Å². The van der Waals surface area contributed by atoms with Crippen molar-refractivity contribution in [3.05, 3.63) is 0 Å². The minimum Gasteiger partial charge on any atom is -0.396 e. The molecule has 0 radical (unpaired) electrons. The summed E-state index contributed by atoms with van der Waals surface area (Å²) in [4.78, 5) is 0. The van der Waals surface area contributed by atoms with Crippen molar-refractivity contribution in [1.29, 1.82) is 0 Å².